The Labute approximate surface area is 155 Å². The average Bonchev–Trinajstić information content (AvgIpc) is 2.62. The number of hydrogen-bond acceptors (Lipinski definition) is 5. The van der Waals surface area contributed by atoms with Crippen LogP contribution in [0.5, 0.6) is 5.75 Å². The first kappa shape index (κ1) is 18.0. The predicted octanol–water partition coefficient (Wildman–Crippen LogP) is 4.27. The molecule has 6 heteroatoms. The summed E-state index contributed by atoms with van der Waals surface area (Å²) in [6.07, 6.45) is 0.105. The molecule has 0 aliphatic carbocycles. The van der Waals surface area contributed by atoms with Crippen molar-refractivity contribution in [2.45, 2.75) is 20.0 Å². The quantitative estimate of drug-likeness (QED) is 0.477. The van der Waals surface area contributed by atoms with Crippen LogP contribution >= 0.6 is 11.6 Å². The molecule has 0 saturated heterocycles. The number of benzene rings is 2. The molecule has 0 atom stereocenters. The molecule has 3 rings (SSSR count). The maximum atomic E-state index is 11.9. The second kappa shape index (κ2) is 8.06. The second-order valence-electron chi connectivity index (χ2n) is 5.76. The first-order valence-electron chi connectivity index (χ1n) is 8.09. The van der Waals surface area contributed by atoms with Crippen molar-refractivity contribution < 1.29 is 18.7 Å². The Morgan fingerprint density at radius 3 is 2.69 bits per heavy atom. The predicted molar refractivity (Wildman–Crippen MR) is 98.6 cm³/mol. The normalized spacial score (nSPS) is 10.7. The highest BCUT2D eigenvalue weighted by atomic mass is 35.5. The third-order valence-electron chi connectivity index (χ3n) is 3.82. The number of aryl methyl sites for hydroxylation is 1. The van der Waals surface area contributed by atoms with Gasteiger partial charge in [0.25, 0.3) is 0 Å². The lowest BCUT2D eigenvalue weighted by Gasteiger charge is -2.09. The Morgan fingerprint density at radius 2 is 1.92 bits per heavy atom. The molecule has 0 unspecified atom stereocenters. The summed E-state index contributed by atoms with van der Waals surface area (Å²) in [6.45, 7) is 2.00. The maximum absolute atomic E-state index is 11.9. The number of esters is 1. The average molecular weight is 373 g/mol. The van der Waals surface area contributed by atoms with Crippen LogP contribution in [0.1, 0.15) is 17.5 Å². The van der Waals surface area contributed by atoms with Crippen LogP contribution in [0.4, 0.5) is 0 Å². The van der Waals surface area contributed by atoms with Crippen molar-refractivity contribution in [3.63, 3.8) is 0 Å². The fraction of sp³-hybridized carbons (Fsp3) is 0.200. The first-order valence-corrected chi connectivity index (χ1v) is 8.47. The van der Waals surface area contributed by atoms with Gasteiger partial charge in [0.15, 0.2) is 0 Å². The molecule has 0 amide bonds. The summed E-state index contributed by atoms with van der Waals surface area (Å²) in [6, 6.07) is 13.9. The summed E-state index contributed by atoms with van der Waals surface area (Å²) < 4.78 is 15.9. The van der Waals surface area contributed by atoms with Crippen LogP contribution in [-0.2, 0) is 16.1 Å². The Kier molecular flexibility index (Phi) is 5.58. The van der Waals surface area contributed by atoms with Gasteiger partial charge in [-0.3, -0.25) is 4.79 Å². The van der Waals surface area contributed by atoms with Gasteiger partial charge in [-0.2, -0.15) is 0 Å². The van der Waals surface area contributed by atoms with Crippen LogP contribution in [0.3, 0.4) is 0 Å². The van der Waals surface area contributed by atoms with E-state index in [4.69, 9.17) is 25.5 Å². The lowest BCUT2D eigenvalue weighted by Crippen LogP contribution is -2.11. The summed E-state index contributed by atoms with van der Waals surface area (Å²) in [5.74, 6) is 0.275. The molecule has 0 radical (unpaired) electrons. The minimum atomic E-state index is -0.502. The summed E-state index contributed by atoms with van der Waals surface area (Å²) in [4.78, 5) is 23.6. The Hall–Kier alpha value is -2.79. The van der Waals surface area contributed by atoms with Crippen molar-refractivity contribution in [3.05, 3.63) is 75.1 Å². The third kappa shape index (κ3) is 4.43. The monoisotopic (exact) mass is 372 g/mol. The molecule has 26 heavy (non-hydrogen) atoms. The fourth-order valence-corrected chi connectivity index (χ4v) is 2.63. The molecular weight excluding hydrogens is 356 g/mol. The highest BCUT2D eigenvalue weighted by Crippen LogP contribution is 2.25. The lowest BCUT2D eigenvalue weighted by atomic mass is 10.1. The van der Waals surface area contributed by atoms with E-state index in [1.54, 1.807) is 12.1 Å². The highest BCUT2D eigenvalue weighted by molar-refractivity contribution is 6.32. The van der Waals surface area contributed by atoms with Crippen molar-refractivity contribution in [1.82, 2.24) is 0 Å². The van der Waals surface area contributed by atoms with Crippen LogP contribution in [0.2, 0.25) is 5.02 Å². The number of carbonyl (C=O) groups is 1. The van der Waals surface area contributed by atoms with Gasteiger partial charge in [0.1, 0.15) is 17.9 Å². The molecule has 0 saturated carbocycles. The van der Waals surface area contributed by atoms with Gasteiger partial charge in [0.2, 0.25) is 0 Å². The van der Waals surface area contributed by atoms with E-state index < -0.39 is 11.6 Å². The van der Waals surface area contributed by atoms with E-state index in [2.05, 4.69) is 0 Å². The van der Waals surface area contributed by atoms with Crippen LogP contribution < -0.4 is 10.4 Å². The third-order valence-corrected chi connectivity index (χ3v) is 4.22. The first-order chi connectivity index (χ1) is 12.5. The zero-order chi connectivity index (χ0) is 18.5. The lowest BCUT2D eigenvalue weighted by molar-refractivity contribution is -0.145. The standard InChI is InChI=1S/C20H17ClO5/c1-13-9-18-16(11-17(13)21)14(10-20(23)26-18)12-25-19(22)7-8-24-15-5-3-2-4-6-15/h2-6,9-11H,7-8,12H2,1H3. The zero-order valence-electron chi connectivity index (χ0n) is 14.2. The molecule has 1 heterocycles. The molecular formula is C20H17ClO5. The Balaban J connectivity index is 1.63. The summed E-state index contributed by atoms with van der Waals surface area (Å²) in [5, 5.41) is 1.20. The van der Waals surface area contributed by atoms with Crippen molar-refractivity contribution in [1.29, 1.82) is 0 Å². The molecule has 2 aromatic carbocycles. The summed E-state index contributed by atoms with van der Waals surface area (Å²) in [5.41, 5.74) is 1.26. The molecule has 0 spiro atoms. The minimum Gasteiger partial charge on any atom is -0.493 e. The van der Waals surface area contributed by atoms with Gasteiger partial charge in [-0.1, -0.05) is 29.8 Å². The van der Waals surface area contributed by atoms with Crippen molar-refractivity contribution in [2.75, 3.05) is 6.61 Å². The van der Waals surface area contributed by atoms with Crippen LogP contribution in [-0.4, -0.2) is 12.6 Å². The second-order valence-corrected chi connectivity index (χ2v) is 6.17. The minimum absolute atomic E-state index is 0.0361. The molecule has 0 fully saturated rings. The zero-order valence-corrected chi connectivity index (χ0v) is 14.9. The smallest absolute Gasteiger partial charge is 0.336 e. The van der Waals surface area contributed by atoms with Gasteiger partial charge in [-0.15, -0.1) is 0 Å². The van der Waals surface area contributed by atoms with E-state index in [1.165, 1.54) is 6.07 Å². The molecule has 5 nitrogen and oxygen atoms in total. The van der Waals surface area contributed by atoms with E-state index in [9.17, 15) is 9.59 Å². The van der Waals surface area contributed by atoms with Crippen molar-refractivity contribution in [3.8, 4) is 5.75 Å². The van der Waals surface area contributed by atoms with E-state index >= 15 is 0 Å². The number of hydrogen-bond donors (Lipinski definition) is 0. The number of para-hydroxylation sites is 1. The van der Waals surface area contributed by atoms with Crippen LogP contribution in [0, 0.1) is 6.92 Å². The molecule has 134 valence electrons. The van der Waals surface area contributed by atoms with E-state index in [-0.39, 0.29) is 19.6 Å². The van der Waals surface area contributed by atoms with Crippen molar-refractivity contribution >= 4 is 28.5 Å². The van der Waals surface area contributed by atoms with Gasteiger partial charge in [-0.25, -0.2) is 4.79 Å². The Bertz CT molecular complexity index is 979. The number of ether oxygens (including phenoxy) is 2. The van der Waals surface area contributed by atoms with Crippen molar-refractivity contribution in [2.24, 2.45) is 0 Å². The Morgan fingerprint density at radius 1 is 1.15 bits per heavy atom. The largest absolute Gasteiger partial charge is 0.493 e. The topological polar surface area (TPSA) is 65.7 Å². The molecule has 0 aliphatic heterocycles. The van der Waals surface area contributed by atoms with Crippen LogP contribution in [0.15, 0.2) is 57.7 Å². The van der Waals surface area contributed by atoms with Gasteiger partial charge >= 0.3 is 11.6 Å². The highest BCUT2D eigenvalue weighted by Gasteiger charge is 2.11. The van der Waals surface area contributed by atoms with E-state index in [1.807, 2.05) is 37.3 Å². The van der Waals surface area contributed by atoms with E-state index in [0.29, 0.717) is 27.3 Å². The number of rotatable bonds is 6. The summed E-state index contributed by atoms with van der Waals surface area (Å²) in [7, 11) is 0. The van der Waals surface area contributed by atoms with Crippen LogP contribution in [0.25, 0.3) is 11.0 Å². The molecule has 1 aromatic heterocycles. The van der Waals surface area contributed by atoms with Gasteiger partial charge in [0, 0.05) is 22.0 Å². The maximum Gasteiger partial charge on any atom is 0.336 e. The van der Waals surface area contributed by atoms with Gasteiger partial charge < -0.3 is 13.9 Å². The van der Waals surface area contributed by atoms with Gasteiger partial charge in [-0.05, 0) is 36.8 Å². The number of halogens is 1. The molecule has 0 bridgehead atoms. The molecule has 0 N–H and O–H groups in total. The SMILES string of the molecule is Cc1cc2oc(=O)cc(COC(=O)CCOc3ccccc3)c2cc1Cl. The number of fused-ring (bicyclic) bond motifs is 1. The number of carbonyl (C=O) groups excluding carboxylic acids is 1. The van der Waals surface area contributed by atoms with Gasteiger partial charge in [0.05, 0.1) is 13.0 Å². The summed E-state index contributed by atoms with van der Waals surface area (Å²) >= 11 is 6.14. The molecule has 3 aromatic rings. The van der Waals surface area contributed by atoms with E-state index in [0.717, 1.165) is 5.56 Å². The molecule has 0 aliphatic rings. The fourth-order valence-electron chi connectivity index (χ4n) is 2.47.